The van der Waals surface area contributed by atoms with E-state index in [1.807, 2.05) is 18.5 Å². The minimum atomic E-state index is 0. The number of nitrogens with one attached hydrogen (secondary N) is 2. The van der Waals surface area contributed by atoms with Crippen molar-refractivity contribution in [3.63, 3.8) is 0 Å². The molecule has 0 aliphatic carbocycles. The molecular weight excluding hydrogens is 435 g/mol. The Morgan fingerprint density at radius 2 is 1.72 bits per heavy atom. The van der Waals surface area contributed by atoms with Gasteiger partial charge in [-0.1, -0.05) is 0 Å². The van der Waals surface area contributed by atoms with Gasteiger partial charge in [0.1, 0.15) is 12.4 Å². The fraction of sp³-hybridized carbons (Fsp3) is 0.812. The van der Waals surface area contributed by atoms with Crippen LogP contribution in [0.2, 0.25) is 0 Å². The van der Waals surface area contributed by atoms with E-state index in [4.69, 9.17) is 9.47 Å². The third-order valence-corrected chi connectivity index (χ3v) is 4.60. The second kappa shape index (κ2) is 10.3. The molecule has 2 saturated heterocycles. The number of hydrogen-bond donors (Lipinski definition) is 2. The molecule has 0 spiro atoms. The summed E-state index contributed by atoms with van der Waals surface area (Å²) in [5, 5.41) is 15.0. The number of aliphatic imine (C=N–C) groups is 1. The van der Waals surface area contributed by atoms with Crippen LogP contribution in [0.25, 0.3) is 0 Å². The van der Waals surface area contributed by atoms with E-state index < -0.39 is 0 Å². The molecule has 2 atom stereocenters. The predicted octanol–water partition coefficient (Wildman–Crippen LogP) is 1.13. The van der Waals surface area contributed by atoms with Crippen molar-refractivity contribution in [2.24, 2.45) is 12.0 Å². The van der Waals surface area contributed by atoms with E-state index in [1.54, 1.807) is 0 Å². The monoisotopic (exact) mass is 464 g/mol. The van der Waals surface area contributed by atoms with Crippen molar-refractivity contribution in [1.82, 2.24) is 25.4 Å². The zero-order chi connectivity index (χ0) is 16.8. The van der Waals surface area contributed by atoms with E-state index in [0.29, 0.717) is 6.54 Å². The largest absolute Gasteiger partial charge is 0.376 e. The van der Waals surface area contributed by atoms with E-state index >= 15 is 0 Å². The molecule has 1 aromatic heterocycles. The Morgan fingerprint density at radius 1 is 1.12 bits per heavy atom. The summed E-state index contributed by atoms with van der Waals surface area (Å²) in [4.78, 5) is 4.65. The second-order valence-corrected chi connectivity index (χ2v) is 6.42. The summed E-state index contributed by atoms with van der Waals surface area (Å²) in [6.07, 6.45) is 5.04. The van der Waals surface area contributed by atoms with Gasteiger partial charge in [-0.25, -0.2) is 4.99 Å². The highest BCUT2D eigenvalue weighted by Crippen LogP contribution is 2.11. The van der Waals surface area contributed by atoms with Crippen LogP contribution in [-0.2, 0) is 23.1 Å². The summed E-state index contributed by atoms with van der Waals surface area (Å²) in [5.41, 5.74) is 0. The highest BCUT2D eigenvalue weighted by molar-refractivity contribution is 14.0. The molecule has 9 heteroatoms. The van der Waals surface area contributed by atoms with Crippen molar-refractivity contribution in [3.8, 4) is 0 Å². The molecule has 0 aromatic carbocycles. The van der Waals surface area contributed by atoms with Crippen molar-refractivity contribution in [2.75, 3.05) is 26.3 Å². The van der Waals surface area contributed by atoms with Crippen LogP contribution in [-0.4, -0.2) is 59.2 Å². The van der Waals surface area contributed by atoms with Crippen LogP contribution in [0.5, 0.6) is 0 Å². The minimum absolute atomic E-state index is 0. The maximum atomic E-state index is 5.67. The maximum absolute atomic E-state index is 5.67. The average molecular weight is 464 g/mol. The topological polar surface area (TPSA) is 85.6 Å². The molecular formula is C16H29IN6O2. The summed E-state index contributed by atoms with van der Waals surface area (Å²) in [7, 11) is 1.96. The van der Waals surface area contributed by atoms with E-state index in [1.165, 1.54) is 0 Å². The van der Waals surface area contributed by atoms with Gasteiger partial charge in [-0.15, -0.1) is 34.2 Å². The Bertz CT molecular complexity index is 531. The number of hydrogen-bond acceptors (Lipinski definition) is 5. The number of ether oxygens (including phenoxy) is 2. The van der Waals surface area contributed by atoms with Gasteiger partial charge in [0.2, 0.25) is 0 Å². The van der Waals surface area contributed by atoms with E-state index in [0.717, 1.165) is 69.6 Å². The first-order valence-electron chi connectivity index (χ1n) is 8.82. The lowest BCUT2D eigenvalue weighted by Gasteiger charge is -2.17. The van der Waals surface area contributed by atoms with Crippen molar-refractivity contribution in [2.45, 2.75) is 51.4 Å². The van der Waals surface area contributed by atoms with Crippen LogP contribution in [0.1, 0.15) is 37.3 Å². The van der Waals surface area contributed by atoms with Gasteiger partial charge in [0.05, 0.1) is 12.2 Å². The van der Waals surface area contributed by atoms with Gasteiger partial charge in [-0.05, 0) is 32.6 Å². The Hall–Kier alpha value is -0.940. The first-order chi connectivity index (χ1) is 11.7. The fourth-order valence-electron chi connectivity index (χ4n) is 2.94. The van der Waals surface area contributed by atoms with Crippen LogP contribution >= 0.6 is 24.0 Å². The summed E-state index contributed by atoms with van der Waals surface area (Å²) < 4.78 is 13.3. The molecule has 142 valence electrons. The third kappa shape index (κ3) is 6.07. The molecule has 2 aliphatic heterocycles. The van der Waals surface area contributed by atoms with Crippen LogP contribution in [0, 0.1) is 6.92 Å². The minimum Gasteiger partial charge on any atom is -0.376 e. The molecule has 25 heavy (non-hydrogen) atoms. The fourth-order valence-corrected chi connectivity index (χ4v) is 2.94. The number of nitrogens with zero attached hydrogens (tertiary/aromatic N) is 4. The van der Waals surface area contributed by atoms with Crippen LogP contribution in [0.3, 0.4) is 0 Å². The van der Waals surface area contributed by atoms with Crippen molar-refractivity contribution < 1.29 is 9.47 Å². The molecule has 3 rings (SSSR count). The van der Waals surface area contributed by atoms with Crippen molar-refractivity contribution in [1.29, 1.82) is 0 Å². The molecule has 0 saturated carbocycles. The van der Waals surface area contributed by atoms with Gasteiger partial charge in [0.25, 0.3) is 0 Å². The van der Waals surface area contributed by atoms with Crippen LogP contribution < -0.4 is 10.6 Å². The van der Waals surface area contributed by atoms with Crippen molar-refractivity contribution >= 4 is 29.9 Å². The Balaban J connectivity index is 0.00000225. The second-order valence-electron chi connectivity index (χ2n) is 6.42. The molecule has 8 nitrogen and oxygen atoms in total. The predicted molar refractivity (Wildman–Crippen MR) is 106 cm³/mol. The zero-order valence-electron chi connectivity index (χ0n) is 15.0. The molecule has 2 N–H and O–H groups in total. The van der Waals surface area contributed by atoms with Gasteiger partial charge in [-0.2, -0.15) is 0 Å². The van der Waals surface area contributed by atoms with Crippen LogP contribution in [0.15, 0.2) is 4.99 Å². The molecule has 2 aliphatic rings. The van der Waals surface area contributed by atoms with E-state index in [-0.39, 0.29) is 36.2 Å². The number of halogens is 1. The quantitative estimate of drug-likeness (QED) is 0.373. The van der Waals surface area contributed by atoms with Gasteiger partial charge in [-0.3, -0.25) is 0 Å². The molecule has 2 unspecified atom stereocenters. The van der Waals surface area contributed by atoms with Crippen LogP contribution in [0.4, 0.5) is 0 Å². The lowest BCUT2D eigenvalue weighted by Crippen LogP contribution is -2.43. The van der Waals surface area contributed by atoms with Gasteiger partial charge < -0.3 is 24.7 Å². The Kier molecular flexibility index (Phi) is 8.37. The molecule has 0 bridgehead atoms. The molecule has 0 amide bonds. The average Bonchev–Trinajstić information content (AvgIpc) is 3.33. The number of rotatable bonds is 6. The molecule has 2 fully saturated rings. The molecule has 0 radical (unpaired) electrons. The first kappa shape index (κ1) is 20.4. The molecule has 3 heterocycles. The maximum Gasteiger partial charge on any atom is 0.191 e. The Morgan fingerprint density at radius 3 is 2.16 bits per heavy atom. The normalized spacial score (nSPS) is 22.5. The highest BCUT2D eigenvalue weighted by atomic mass is 127. The lowest BCUT2D eigenvalue weighted by atomic mass is 10.2. The number of guanidine groups is 1. The number of aryl methyl sites for hydroxylation is 1. The highest BCUT2D eigenvalue weighted by Gasteiger charge is 2.18. The smallest absolute Gasteiger partial charge is 0.191 e. The van der Waals surface area contributed by atoms with E-state index in [9.17, 15) is 0 Å². The van der Waals surface area contributed by atoms with Gasteiger partial charge in [0.15, 0.2) is 11.8 Å². The molecule has 1 aromatic rings. The van der Waals surface area contributed by atoms with Crippen molar-refractivity contribution in [3.05, 3.63) is 11.6 Å². The lowest BCUT2D eigenvalue weighted by molar-refractivity contribution is 0.111. The van der Waals surface area contributed by atoms with E-state index in [2.05, 4.69) is 25.8 Å². The summed E-state index contributed by atoms with van der Waals surface area (Å²) in [6, 6.07) is 0. The summed E-state index contributed by atoms with van der Waals surface area (Å²) in [6.45, 7) is 5.70. The first-order valence-corrected chi connectivity index (χ1v) is 8.82. The zero-order valence-corrected chi connectivity index (χ0v) is 17.4. The van der Waals surface area contributed by atoms with Gasteiger partial charge in [0, 0.05) is 33.4 Å². The standard InChI is InChI=1S/C16H28N6O2.HI/c1-12-20-21-15(22(12)2)11-19-16(17-9-13-5-3-7-23-13)18-10-14-6-4-8-24-14;/h13-14H,3-11H2,1-2H3,(H2,17,18,19);1H. The van der Waals surface area contributed by atoms with Gasteiger partial charge >= 0.3 is 0 Å². The Labute approximate surface area is 166 Å². The SMILES string of the molecule is Cc1nnc(CN=C(NCC2CCCO2)NCC2CCCO2)n1C.I. The number of aromatic nitrogens is 3. The summed E-state index contributed by atoms with van der Waals surface area (Å²) in [5.74, 6) is 2.52. The summed E-state index contributed by atoms with van der Waals surface area (Å²) >= 11 is 0. The third-order valence-electron chi connectivity index (χ3n) is 4.60.